The molecular formula is C19H16O5. The van der Waals surface area contributed by atoms with Crippen molar-refractivity contribution in [1.82, 2.24) is 0 Å². The Morgan fingerprint density at radius 2 is 1.88 bits per heavy atom. The number of carboxylic acids is 1. The van der Waals surface area contributed by atoms with Crippen LogP contribution in [0.3, 0.4) is 0 Å². The summed E-state index contributed by atoms with van der Waals surface area (Å²) in [6.45, 7) is 4.95. The number of carboxylic acid groups (broad SMARTS) is 1. The van der Waals surface area contributed by atoms with E-state index in [-0.39, 0.29) is 33.3 Å². The zero-order valence-electron chi connectivity index (χ0n) is 13.6. The maximum absolute atomic E-state index is 13.0. The fraction of sp³-hybridized carbons (Fsp3) is 0.211. The van der Waals surface area contributed by atoms with Gasteiger partial charge in [0.15, 0.2) is 5.78 Å². The van der Waals surface area contributed by atoms with Crippen LogP contribution < -0.4 is 5.43 Å². The Labute approximate surface area is 137 Å². The van der Waals surface area contributed by atoms with Crippen LogP contribution in [-0.2, 0) is 6.42 Å². The number of fused-ring (bicyclic) bond motifs is 2. The first kappa shape index (κ1) is 15.9. The monoisotopic (exact) mass is 324 g/mol. The lowest BCUT2D eigenvalue weighted by Crippen LogP contribution is -2.10. The quantitative estimate of drug-likeness (QED) is 0.586. The largest absolute Gasteiger partial charge is 0.478 e. The summed E-state index contributed by atoms with van der Waals surface area (Å²) < 4.78 is 5.82. The van der Waals surface area contributed by atoms with Crippen LogP contribution in [0, 0.1) is 6.92 Å². The number of carbonyl (C=O) groups is 2. The van der Waals surface area contributed by atoms with E-state index in [0.717, 1.165) is 5.56 Å². The van der Waals surface area contributed by atoms with Crippen molar-refractivity contribution >= 4 is 33.7 Å². The highest BCUT2D eigenvalue weighted by Crippen LogP contribution is 2.27. The minimum absolute atomic E-state index is 0.0626. The van der Waals surface area contributed by atoms with Gasteiger partial charge in [0.2, 0.25) is 5.43 Å². The van der Waals surface area contributed by atoms with Crippen molar-refractivity contribution in [3.05, 3.63) is 56.7 Å². The van der Waals surface area contributed by atoms with Gasteiger partial charge in [-0.3, -0.25) is 9.59 Å². The molecule has 0 atom stereocenters. The molecule has 1 aromatic heterocycles. The zero-order chi connectivity index (χ0) is 17.6. The molecule has 0 saturated heterocycles. The molecule has 0 spiro atoms. The van der Waals surface area contributed by atoms with Crippen molar-refractivity contribution in [3.63, 3.8) is 0 Å². The smallest absolute Gasteiger partial charge is 0.335 e. The normalized spacial score (nSPS) is 11.1. The standard InChI is InChI=1S/C19H16O5/c1-4-11-7-13(10(3)20)18-14(8-11)17(21)16-9(2)12(19(22)23)5-6-15(16)24-18/h5-8H,4H2,1-3H3,(H,22,23). The number of hydrogen-bond acceptors (Lipinski definition) is 4. The van der Waals surface area contributed by atoms with E-state index in [2.05, 4.69) is 0 Å². The van der Waals surface area contributed by atoms with E-state index in [4.69, 9.17) is 4.42 Å². The van der Waals surface area contributed by atoms with E-state index >= 15 is 0 Å². The van der Waals surface area contributed by atoms with Gasteiger partial charge < -0.3 is 9.52 Å². The van der Waals surface area contributed by atoms with E-state index in [1.807, 2.05) is 6.92 Å². The predicted octanol–water partition coefficient (Wildman–Crippen LogP) is 3.72. The van der Waals surface area contributed by atoms with Gasteiger partial charge in [-0.15, -0.1) is 0 Å². The summed E-state index contributed by atoms with van der Waals surface area (Å²) >= 11 is 0. The summed E-state index contributed by atoms with van der Waals surface area (Å²) in [5, 5.41) is 9.80. The molecule has 0 saturated carbocycles. The first-order chi connectivity index (χ1) is 11.3. The molecule has 122 valence electrons. The van der Waals surface area contributed by atoms with Crippen LogP contribution in [0.25, 0.3) is 21.9 Å². The second-order valence-electron chi connectivity index (χ2n) is 5.78. The molecule has 0 fully saturated rings. The minimum atomic E-state index is -1.10. The molecule has 0 aliphatic heterocycles. The number of hydrogen-bond donors (Lipinski definition) is 1. The van der Waals surface area contributed by atoms with Crippen LogP contribution in [0.2, 0.25) is 0 Å². The summed E-state index contributed by atoms with van der Waals surface area (Å²) in [4.78, 5) is 36.2. The molecular weight excluding hydrogens is 308 g/mol. The minimum Gasteiger partial charge on any atom is -0.478 e. The Morgan fingerprint density at radius 3 is 2.46 bits per heavy atom. The molecule has 0 aliphatic carbocycles. The van der Waals surface area contributed by atoms with Crippen LogP contribution in [0.4, 0.5) is 0 Å². The molecule has 1 N–H and O–H groups in total. The predicted molar refractivity (Wildman–Crippen MR) is 91.1 cm³/mol. The van der Waals surface area contributed by atoms with Crippen LogP contribution >= 0.6 is 0 Å². The molecule has 0 radical (unpaired) electrons. The molecule has 3 aromatic rings. The SMILES string of the molecule is CCc1cc(C(C)=O)c2oc3ccc(C(=O)O)c(C)c3c(=O)c2c1. The number of ketones is 1. The summed E-state index contributed by atoms with van der Waals surface area (Å²) in [5.41, 5.74) is 1.86. The van der Waals surface area contributed by atoms with Crippen molar-refractivity contribution in [3.8, 4) is 0 Å². The number of Topliss-reactive ketones (excluding diaryl/α,β-unsaturated/α-hetero) is 1. The highest BCUT2D eigenvalue weighted by Gasteiger charge is 2.19. The average molecular weight is 324 g/mol. The van der Waals surface area contributed by atoms with Gasteiger partial charge in [-0.1, -0.05) is 6.92 Å². The molecule has 0 amide bonds. The maximum Gasteiger partial charge on any atom is 0.335 e. The molecule has 5 nitrogen and oxygen atoms in total. The Bertz CT molecular complexity index is 1070. The van der Waals surface area contributed by atoms with Gasteiger partial charge in [-0.2, -0.15) is 0 Å². The maximum atomic E-state index is 13.0. The van der Waals surface area contributed by atoms with Gasteiger partial charge in [0.05, 0.1) is 21.9 Å². The fourth-order valence-electron chi connectivity index (χ4n) is 2.96. The van der Waals surface area contributed by atoms with Crippen molar-refractivity contribution in [2.45, 2.75) is 27.2 Å². The summed E-state index contributed by atoms with van der Waals surface area (Å²) in [6.07, 6.45) is 0.668. The van der Waals surface area contributed by atoms with Gasteiger partial charge in [0, 0.05) is 0 Å². The van der Waals surface area contributed by atoms with Crippen molar-refractivity contribution in [2.24, 2.45) is 0 Å². The number of rotatable bonds is 3. The lowest BCUT2D eigenvalue weighted by molar-refractivity contribution is 0.0696. The van der Waals surface area contributed by atoms with E-state index in [9.17, 15) is 19.5 Å². The number of aromatic carboxylic acids is 1. The Kier molecular flexibility index (Phi) is 3.72. The van der Waals surface area contributed by atoms with E-state index in [1.54, 1.807) is 19.1 Å². The van der Waals surface area contributed by atoms with Gasteiger partial charge in [-0.25, -0.2) is 4.79 Å². The molecule has 24 heavy (non-hydrogen) atoms. The molecule has 1 heterocycles. The summed E-state index contributed by atoms with van der Waals surface area (Å²) in [5.74, 6) is -1.28. The third-order valence-electron chi connectivity index (χ3n) is 4.28. The van der Waals surface area contributed by atoms with Gasteiger partial charge in [0.25, 0.3) is 0 Å². The molecule has 0 bridgehead atoms. The number of benzene rings is 2. The van der Waals surface area contributed by atoms with Crippen LogP contribution in [0.15, 0.2) is 33.5 Å². The van der Waals surface area contributed by atoms with E-state index in [1.165, 1.54) is 19.1 Å². The lowest BCUT2D eigenvalue weighted by Gasteiger charge is -2.10. The van der Waals surface area contributed by atoms with Gasteiger partial charge >= 0.3 is 5.97 Å². The van der Waals surface area contributed by atoms with Crippen LogP contribution in [0.1, 0.15) is 45.7 Å². The number of aryl methyl sites for hydroxylation is 2. The van der Waals surface area contributed by atoms with E-state index in [0.29, 0.717) is 22.9 Å². The second-order valence-corrected chi connectivity index (χ2v) is 5.78. The third kappa shape index (κ3) is 2.29. The Morgan fingerprint density at radius 1 is 1.17 bits per heavy atom. The highest BCUT2D eigenvalue weighted by molar-refractivity contribution is 6.07. The molecule has 0 aliphatic rings. The Balaban J connectivity index is 2.56. The average Bonchev–Trinajstić information content (AvgIpc) is 2.53. The first-order valence-corrected chi connectivity index (χ1v) is 7.62. The molecule has 2 aromatic carbocycles. The Hall–Kier alpha value is -2.95. The van der Waals surface area contributed by atoms with Crippen molar-refractivity contribution in [1.29, 1.82) is 0 Å². The van der Waals surface area contributed by atoms with Gasteiger partial charge in [-0.05, 0) is 55.7 Å². The zero-order valence-corrected chi connectivity index (χ0v) is 13.6. The van der Waals surface area contributed by atoms with Crippen LogP contribution in [-0.4, -0.2) is 16.9 Å². The van der Waals surface area contributed by atoms with Gasteiger partial charge in [0.1, 0.15) is 11.2 Å². The topological polar surface area (TPSA) is 84.6 Å². The fourth-order valence-corrected chi connectivity index (χ4v) is 2.96. The van der Waals surface area contributed by atoms with Crippen molar-refractivity contribution in [2.75, 3.05) is 0 Å². The third-order valence-corrected chi connectivity index (χ3v) is 4.28. The summed E-state index contributed by atoms with van der Waals surface area (Å²) in [7, 11) is 0. The van der Waals surface area contributed by atoms with Crippen molar-refractivity contribution < 1.29 is 19.1 Å². The molecule has 3 rings (SSSR count). The van der Waals surface area contributed by atoms with E-state index < -0.39 is 5.97 Å². The molecule has 5 heteroatoms. The highest BCUT2D eigenvalue weighted by atomic mass is 16.4. The summed E-state index contributed by atoms with van der Waals surface area (Å²) in [6, 6.07) is 6.31. The number of carbonyl (C=O) groups excluding carboxylic acids is 1. The second kappa shape index (κ2) is 5.60. The molecule has 0 unspecified atom stereocenters. The van der Waals surface area contributed by atoms with Crippen LogP contribution in [0.5, 0.6) is 0 Å². The lowest BCUT2D eigenvalue weighted by atomic mass is 9.98. The first-order valence-electron chi connectivity index (χ1n) is 7.62.